The molecule has 0 aliphatic rings. The number of nitrogens with zero attached hydrogens (tertiary/aromatic N) is 2. The summed E-state index contributed by atoms with van der Waals surface area (Å²) < 4.78 is 32.3. The lowest BCUT2D eigenvalue weighted by Crippen LogP contribution is -2.14. The highest BCUT2D eigenvalue weighted by molar-refractivity contribution is 7.93. The van der Waals surface area contributed by atoms with Gasteiger partial charge in [0.15, 0.2) is 5.52 Å². The van der Waals surface area contributed by atoms with Crippen LogP contribution >= 0.6 is 0 Å². The fourth-order valence-corrected chi connectivity index (χ4v) is 3.33. The van der Waals surface area contributed by atoms with Crippen molar-refractivity contribution in [1.29, 1.82) is 0 Å². The van der Waals surface area contributed by atoms with Gasteiger partial charge >= 0.3 is 0 Å². The number of fused-ring (bicyclic) bond motifs is 1. The van der Waals surface area contributed by atoms with Crippen LogP contribution in [0.15, 0.2) is 45.9 Å². The van der Waals surface area contributed by atoms with Gasteiger partial charge in [-0.1, -0.05) is 18.2 Å². The minimum atomic E-state index is -3.76. The van der Waals surface area contributed by atoms with Crippen molar-refractivity contribution in [3.05, 3.63) is 47.5 Å². The van der Waals surface area contributed by atoms with Crippen LogP contribution in [0.3, 0.4) is 0 Å². The molecule has 1 aromatic heterocycles. The summed E-state index contributed by atoms with van der Waals surface area (Å²) in [6.07, 6.45) is 0. The summed E-state index contributed by atoms with van der Waals surface area (Å²) in [5, 5.41) is 7.31. The Kier molecular flexibility index (Phi) is 3.13. The molecule has 0 fully saturated rings. The highest BCUT2D eigenvalue weighted by atomic mass is 32.2. The minimum Gasteiger partial charge on any atom is -0.279 e. The van der Waals surface area contributed by atoms with Gasteiger partial charge in [0, 0.05) is 0 Å². The molecule has 7 heteroatoms. The van der Waals surface area contributed by atoms with Crippen LogP contribution in [0.5, 0.6) is 0 Å². The van der Waals surface area contributed by atoms with E-state index in [1.54, 1.807) is 24.3 Å². The monoisotopic (exact) mass is 303 g/mol. The molecular formula is C14H13N3O3S. The Morgan fingerprint density at radius 1 is 1.05 bits per heavy atom. The van der Waals surface area contributed by atoms with E-state index in [4.69, 9.17) is 0 Å². The number of aromatic nitrogens is 2. The molecule has 0 bridgehead atoms. The molecule has 3 rings (SSSR count). The molecule has 0 saturated heterocycles. The second kappa shape index (κ2) is 4.85. The van der Waals surface area contributed by atoms with Crippen molar-refractivity contribution in [1.82, 2.24) is 10.3 Å². The SMILES string of the molecule is Cc1cccc(NS(=O)(=O)c2cccc3nonc23)c1C. The van der Waals surface area contributed by atoms with Crippen LogP contribution in [0.2, 0.25) is 0 Å². The fraction of sp³-hybridized carbons (Fsp3) is 0.143. The van der Waals surface area contributed by atoms with Crippen molar-refractivity contribution >= 4 is 26.7 Å². The van der Waals surface area contributed by atoms with E-state index in [9.17, 15) is 8.42 Å². The summed E-state index contributed by atoms with van der Waals surface area (Å²) >= 11 is 0. The summed E-state index contributed by atoms with van der Waals surface area (Å²) in [6, 6.07) is 10.2. The Labute approximate surface area is 121 Å². The van der Waals surface area contributed by atoms with Crippen LogP contribution in [-0.2, 0) is 10.0 Å². The average molecular weight is 303 g/mol. The first-order chi connectivity index (χ1) is 9.99. The van der Waals surface area contributed by atoms with E-state index in [1.807, 2.05) is 19.9 Å². The lowest BCUT2D eigenvalue weighted by molar-refractivity contribution is 0.315. The summed E-state index contributed by atoms with van der Waals surface area (Å²) in [5.41, 5.74) is 3.06. The molecule has 0 saturated carbocycles. The van der Waals surface area contributed by atoms with Crippen LogP contribution in [0, 0.1) is 13.8 Å². The lowest BCUT2D eigenvalue weighted by Gasteiger charge is -2.12. The Morgan fingerprint density at radius 2 is 1.81 bits per heavy atom. The first kappa shape index (κ1) is 13.6. The minimum absolute atomic E-state index is 0.0437. The smallest absolute Gasteiger partial charge is 0.264 e. The Balaban J connectivity index is 2.09. The third kappa shape index (κ3) is 2.36. The number of hydrogen-bond donors (Lipinski definition) is 1. The number of hydrogen-bond acceptors (Lipinski definition) is 5. The number of nitrogens with one attached hydrogen (secondary N) is 1. The van der Waals surface area contributed by atoms with Gasteiger partial charge in [0.2, 0.25) is 0 Å². The van der Waals surface area contributed by atoms with E-state index in [0.29, 0.717) is 11.2 Å². The van der Waals surface area contributed by atoms with Crippen LogP contribution < -0.4 is 4.72 Å². The molecule has 1 heterocycles. The first-order valence-electron chi connectivity index (χ1n) is 6.29. The van der Waals surface area contributed by atoms with E-state index in [2.05, 4.69) is 19.7 Å². The summed E-state index contributed by atoms with van der Waals surface area (Å²) in [5.74, 6) is 0. The second-order valence-electron chi connectivity index (χ2n) is 4.74. The molecule has 1 N–H and O–H groups in total. The third-order valence-corrected chi connectivity index (χ3v) is 4.78. The molecule has 0 radical (unpaired) electrons. The maximum Gasteiger partial charge on any atom is 0.264 e. The van der Waals surface area contributed by atoms with Crippen molar-refractivity contribution in [2.45, 2.75) is 18.7 Å². The third-order valence-electron chi connectivity index (χ3n) is 3.39. The fourth-order valence-electron chi connectivity index (χ4n) is 2.06. The zero-order chi connectivity index (χ0) is 15.0. The largest absolute Gasteiger partial charge is 0.279 e. The van der Waals surface area contributed by atoms with Gasteiger partial charge in [0.25, 0.3) is 10.0 Å². The molecule has 108 valence electrons. The molecule has 6 nitrogen and oxygen atoms in total. The molecular weight excluding hydrogens is 290 g/mol. The zero-order valence-corrected chi connectivity index (χ0v) is 12.3. The Morgan fingerprint density at radius 3 is 2.62 bits per heavy atom. The van der Waals surface area contributed by atoms with Gasteiger partial charge in [-0.25, -0.2) is 13.0 Å². The predicted octanol–water partition coefficient (Wildman–Crippen LogP) is 2.64. The van der Waals surface area contributed by atoms with E-state index < -0.39 is 10.0 Å². The normalized spacial score (nSPS) is 11.7. The number of rotatable bonds is 3. The van der Waals surface area contributed by atoms with Gasteiger partial charge in [-0.2, -0.15) is 0 Å². The van der Waals surface area contributed by atoms with E-state index in [1.165, 1.54) is 6.07 Å². The molecule has 0 unspecified atom stereocenters. The maximum absolute atomic E-state index is 12.6. The molecule has 2 aromatic carbocycles. The highest BCUT2D eigenvalue weighted by Crippen LogP contribution is 2.25. The first-order valence-corrected chi connectivity index (χ1v) is 7.78. The Hall–Kier alpha value is -2.41. The number of benzene rings is 2. The number of sulfonamides is 1. The van der Waals surface area contributed by atoms with Crippen LogP contribution in [0.1, 0.15) is 11.1 Å². The molecule has 3 aromatic rings. The molecule has 0 aliphatic carbocycles. The van der Waals surface area contributed by atoms with Crippen molar-refractivity contribution < 1.29 is 13.0 Å². The molecule has 0 amide bonds. The van der Waals surface area contributed by atoms with Gasteiger partial charge in [0.1, 0.15) is 10.4 Å². The van der Waals surface area contributed by atoms with Gasteiger partial charge in [0.05, 0.1) is 5.69 Å². The van der Waals surface area contributed by atoms with Crippen molar-refractivity contribution in [3.63, 3.8) is 0 Å². The molecule has 0 spiro atoms. The zero-order valence-electron chi connectivity index (χ0n) is 11.5. The standard InChI is InChI=1S/C14H13N3O3S/c1-9-5-3-6-11(10(9)2)17-21(18,19)13-8-4-7-12-14(13)16-20-15-12/h3-8,17H,1-2H3. The van der Waals surface area contributed by atoms with Gasteiger partial charge in [-0.3, -0.25) is 4.72 Å². The molecule has 0 atom stereocenters. The molecule has 21 heavy (non-hydrogen) atoms. The average Bonchev–Trinajstić information content (AvgIpc) is 2.91. The maximum atomic E-state index is 12.6. The van der Waals surface area contributed by atoms with E-state index in [0.717, 1.165) is 11.1 Å². The van der Waals surface area contributed by atoms with Crippen molar-refractivity contribution in [2.75, 3.05) is 4.72 Å². The summed E-state index contributed by atoms with van der Waals surface area (Å²) in [6.45, 7) is 3.79. The second-order valence-corrected chi connectivity index (χ2v) is 6.39. The van der Waals surface area contributed by atoms with Crippen molar-refractivity contribution in [3.8, 4) is 0 Å². The van der Waals surface area contributed by atoms with Crippen LogP contribution in [0.4, 0.5) is 5.69 Å². The van der Waals surface area contributed by atoms with Gasteiger partial charge in [-0.15, -0.1) is 0 Å². The highest BCUT2D eigenvalue weighted by Gasteiger charge is 2.21. The van der Waals surface area contributed by atoms with Crippen molar-refractivity contribution in [2.24, 2.45) is 0 Å². The lowest BCUT2D eigenvalue weighted by atomic mass is 10.1. The Bertz CT molecular complexity index is 916. The van der Waals surface area contributed by atoms with E-state index >= 15 is 0 Å². The summed E-state index contributed by atoms with van der Waals surface area (Å²) in [4.78, 5) is 0.0437. The van der Waals surface area contributed by atoms with Gasteiger partial charge < -0.3 is 0 Å². The van der Waals surface area contributed by atoms with Gasteiger partial charge in [-0.05, 0) is 53.5 Å². The topological polar surface area (TPSA) is 85.1 Å². The number of aryl methyl sites for hydroxylation is 1. The van der Waals surface area contributed by atoms with Crippen LogP contribution in [0.25, 0.3) is 11.0 Å². The number of anilines is 1. The van der Waals surface area contributed by atoms with Crippen LogP contribution in [-0.4, -0.2) is 18.7 Å². The quantitative estimate of drug-likeness (QED) is 0.804. The van der Waals surface area contributed by atoms with E-state index in [-0.39, 0.29) is 10.4 Å². The predicted molar refractivity (Wildman–Crippen MR) is 78.5 cm³/mol. The molecule has 0 aliphatic heterocycles. The summed E-state index contributed by atoms with van der Waals surface area (Å²) in [7, 11) is -3.76.